The Morgan fingerprint density at radius 1 is 1.28 bits per heavy atom. The number of hydrogen-bond acceptors (Lipinski definition) is 3. The molecule has 1 aromatic rings. The van der Waals surface area contributed by atoms with Crippen molar-refractivity contribution >= 4 is 0 Å². The van der Waals surface area contributed by atoms with E-state index in [1.807, 2.05) is 13.1 Å². The Morgan fingerprint density at radius 2 is 2.11 bits per heavy atom. The van der Waals surface area contributed by atoms with Crippen LogP contribution in [0.4, 0.5) is 0 Å². The van der Waals surface area contributed by atoms with Crippen LogP contribution >= 0.6 is 0 Å². The van der Waals surface area contributed by atoms with Gasteiger partial charge in [-0.2, -0.15) is 0 Å². The van der Waals surface area contributed by atoms with E-state index in [0.29, 0.717) is 18.6 Å². The second-order valence-corrected chi connectivity index (χ2v) is 4.94. The van der Waals surface area contributed by atoms with Crippen LogP contribution in [0, 0.1) is 0 Å². The van der Waals surface area contributed by atoms with E-state index in [0.717, 1.165) is 12.3 Å². The van der Waals surface area contributed by atoms with Crippen molar-refractivity contribution in [1.29, 1.82) is 0 Å². The zero-order valence-corrected chi connectivity index (χ0v) is 11.5. The van der Waals surface area contributed by atoms with Crippen molar-refractivity contribution in [2.45, 2.75) is 51.5 Å². The van der Waals surface area contributed by atoms with Crippen molar-refractivity contribution < 1.29 is 4.74 Å². The number of aromatic nitrogens is 1. The van der Waals surface area contributed by atoms with E-state index in [4.69, 9.17) is 4.74 Å². The normalized spacial score (nSPS) is 23.9. The molecular weight excluding hydrogens is 224 g/mol. The van der Waals surface area contributed by atoms with Crippen LogP contribution in [0.2, 0.25) is 0 Å². The minimum absolute atomic E-state index is 0.589. The summed E-state index contributed by atoms with van der Waals surface area (Å²) in [7, 11) is 0. The fourth-order valence-electron chi connectivity index (χ4n) is 2.92. The van der Waals surface area contributed by atoms with Crippen LogP contribution in [-0.2, 0) is 0 Å². The van der Waals surface area contributed by atoms with Gasteiger partial charge >= 0.3 is 0 Å². The molecule has 1 aliphatic rings. The van der Waals surface area contributed by atoms with Gasteiger partial charge in [-0.05, 0) is 37.9 Å². The molecule has 0 radical (unpaired) electrons. The summed E-state index contributed by atoms with van der Waals surface area (Å²) in [6, 6.07) is 2.76. The average Bonchev–Trinajstić information content (AvgIpc) is 2.40. The molecular formula is C15H24N2O. The summed E-state index contributed by atoms with van der Waals surface area (Å²) < 4.78 is 5.55. The fourth-order valence-corrected chi connectivity index (χ4v) is 2.92. The molecule has 1 N–H and O–H groups in total. The Kier molecular flexibility index (Phi) is 5.00. The van der Waals surface area contributed by atoms with Gasteiger partial charge in [0.2, 0.25) is 0 Å². The predicted octanol–water partition coefficient (Wildman–Crippen LogP) is 3.12. The van der Waals surface area contributed by atoms with Gasteiger partial charge in [-0.25, -0.2) is 0 Å². The SMILES string of the molecule is CCNC1CCCCC1c1cncc(OCC)c1. The quantitative estimate of drug-likeness (QED) is 0.869. The van der Waals surface area contributed by atoms with Gasteiger partial charge < -0.3 is 10.1 Å². The smallest absolute Gasteiger partial charge is 0.137 e. The Hall–Kier alpha value is -1.09. The van der Waals surface area contributed by atoms with Gasteiger partial charge in [-0.3, -0.25) is 4.98 Å². The van der Waals surface area contributed by atoms with E-state index in [-0.39, 0.29) is 0 Å². The van der Waals surface area contributed by atoms with E-state index in [1.54, 1.807) is 6.20 Å². The number of likely N-dealkylation sites (N-methyl/N-ethyl adjacent to an activating group) is 1. The van der Waals surface area contributed by atoms with Crippen molar-refractivity contribution in [3.05, 3.63) is 24.0 Å². The first-order valence-corrected chi connectivity index (χ1v) is 7.16. The number of nitrogens with one attached hydrogen (secondary N) is 1. The highest BCUT2D eigenvalue weighted by atomic mass is 16.5. The van der Waals surface area contributed by atoms with E-state index in [1.165, 1.54) is 31.2 Å². The summed E-state index contributed by atoms with van der Waals surface area (Å²) in [6.45, 7) is 5.93. The molecule has 1 aliphatic carbocycles. The molecule has 0 spiro atoms. The Morgan fingerprint density at radius 3 is 2.89 bits per heavy atom. The van der Waals surface area contributed by atoms with Gasteiger partial charge in [0, 0.05) is 18.2 Å². The minimum Gasteiger partial charge on any atom is -0.492 e. The van der Waals surface area contributed by atoms with Crippen molar-refractivity contribution in [1.82, 2.24) is 10.3 Å². The third kappa shape index (κ3) is 3.22. The number of pyridine rings is 1. The summed E-state index contributed by atoms with van der Waals surface area (Å²) in [5.41, 5.74) is 1.33. The van der Waals surface area contributed by atoms with Crippen LogP contribution in [0.25, 0.3) is 0 Å². The molecule has 1 aromatic heterocycles. The van der Waals surface area contributed by atoms with Crippen LogP contribution in [0.15, 0.2) is 18.5 Å². The summed E-state index contributed by atoms with van der Waals surface area (Å²) in [5.74, 6) is 1.49. The molecule has 2 atom stereocenters. The molecule has 2 unspecified atom stereocenters. The minimum atomic E-state index is 0.589. The molecule has 1 fully saturated rings. The third-order valence-corrected chi connectivity index (χ3v) is 3.71. The first-order valence-electron chi connectivity index (χ1n) is 7.16. The Labute approximate surface area is 110 Å². The summed E-state index contributed by atoms with van der Waals surface area (Å²) in [6.07, 6.45) is 9.01. The number of hydrogen-bond donors (Lipinski definition) is 1. The summed E-state index contributed by atoms with van der Waals surface area (Å²) >= 11 is 0. The average molecular weight is 248 g/mol. The molecule has 0 aliphatic heterocycles. The fraction of sp³-hybridized carbons (Fsp3) is 0.667. The van der Waals surface area contributed by atoms with Crippen molar-refractivity contribution in [3.63, 3.8) is 0 Å². The monoisotopic (exact) mass is 248 g/mol. The molecule has 1 saturated carbocycles. The highest BCUT2D eigenvalue weighted by Crippen LogP contribution is 2.33. The lowest BCUT2D eigenvalue weighted by atomic mass is 9.80. The van der Waals surface area contributed by atoms with Crippen LogP contribution < -0.4 is 10.1 Å². The number of rotatable bonds is 5. The predicted molar refractivity (Wildman–Crippen MR) is 74.1 cm³/mol. The molecule has 3 heteroatoms. The number of ether oxygens (including phenoxy) is 1. The molecule has 0 saturated heterocycles. The van der Waals surface area contributed by atoms with Gasteiger partial charge in [0.25, 0.3) is 0 Å². The maximum atomic E-state index is 5.55. The van der Waals surface area contributed by atoms with E-state index in [2.05, 4.69) is 23.3 Å². The molecule has 0 aromatic carbocycles. The molecule has 0 bridgehead atoms. The van der Waals surface area contributed by atoms with Gasteiger partial charge in [-0.1, -0.05) is 19.8 Å². The van der Waals surface area contributed by atoms with Crippen LogP contribution in [0.1, 0.15) is 51.0 Å². The summed E-state index contributed by atoms with van der Waals surface area (Å²) in [5, 5.41) is 3.62. The second-order valence-electron chi connectivity index (χ2n) is 4.94. The lowest BCUT2D eigenvalue weighted by Gasteiger charge is -2.32. The van der Waals surface area contributed by atoms with Crippen molar-refractivity contribution in [2.24, 2.45) is 0 Å². The van der Waals surface area contributed by atoms with E-state index < -0.39 is 0 Å². The maximum absolute atomic E-state index is 5.55. The molecule has 0 amide bonds. The van der Waals surface area contributed by atoms with Crippen LogP contribution in [0.3, 0.4) is 0 Å². The van der Waals surface area contributed by atoms with Gasteiger partial charge in [0.1, 0.15) is 5.75 Å². The first kappa shape index (κ1) is 13.3. The molecule has 100 valence electrons. The van der Waals surface area contributed by atoms with Gasteiger partial charge in [0.15, 0.2) is 0 Å². The first-order chi connectivity index (χ1) is 8.85. The van der Waals surface area contributed by atoms with Gasteiger partial charge in [0.05, 0.1) is 12.8 Å². The largest absolute Gasteiger partial charge is 0.492 e. The Balaban J connectivity index is 2.14. The van der Waals surface area contributed by atoms with E-state index in [9.17, 15) is 0 Å². The molecule has 3 nitrogen and oxygen atoms in total. The van der Waals surface area contributed by atoms with Crippen LogP contribution in [-0.4, -0.2) is 24.2 Å². The molecule has 18 heavy (non-hydrogen) atoms. The third-order valence-electron chi connectivity index (χ3n) is 3.71. The number of nitrogens with zero attached hydrogens (tertiary/aromatic N) is 1. The highest BCUT2D eigenvalue weighted by molar-refractivity contribution is 5.27. The van der Waals surface area contributed by atoms with E-state index >= 15 is 0 Å². The second kappa shape index (κ2) is 6.74. The lowest BCUT2D eigenvalue weighted by molar-refractivity contribution is 0.324. The lowest BCUT2D eigenvalue weighted by Crippen LogP contribution is -2.37. The topological polar surface area (TPSA) is 34.2 Å². The zero-order chi connectivity index (χ0) is 12.8. The Bertz CT molecular complexity index is 365. The van der Waals surface area contributed by atoms with Crippen molar-refractivity contribution in [3.8, 4) is 5.75 Å². The highest BCUT2D eigenvalue weighted by Gasteiger charge is 2.26. The molecule has 1 heterocycles. The maximum Gasteiger partial charge on any atom is 0.137 e. The van der Waals surface area contributed by atoms with Crippen molar-refractivity contribution in [2.75, 3.05) is 13.2 Å². The van der Waals surface area contributed by atoms with Crippen LogP contribution in [0.5, 0.6) is 5.75 Å². The zero-order valence-electron chi connectivity index (χ0n) is 11.5. The molecule has 2 rings (SSSR count). The van der Waals surface area contributed by atoms with Gasteiger partial charge in [-0.15, -0.1) is 0 Å². The standard InChI is InChI=1S/C15H24N2O/c1-3-17-15-8-6-5-7-14(15)12-9-13(18-4-2)11-16-10-12/h9-11,14-15,17H,3-8H2,1-2H3. The summed E-state index contributed by atoms with van der Waals surface area (Å²) in [4.78, 5) is 4.32.